The molecule has 3 heteroatoms. The first-order chi connectivity index (χ1) is 9.03. The van der Waals surface area contributed by atoms with Crippen LogP contribution < -0.4 is 5.32 Å². The summed E-state index contributed by atoms with van der Waals surface area (Å²) in [6.45, 7) is 9.01. The average Bonchev–Trinajstić information content (AvgIpc) is 2.79. The Balaban J connectivity index is 2.08. The van der Waals surface area contributed by atoms with Crippen LogP contribution in [0.25, 0.3) is 10.1 Å². The lowest BCUT2D eigenvalue weighted by molar-refractivity contribution is 0.318. The first kappa shape index (κ1) is 15.0. The van der Waals surface area contributed by atoms with Crippen LogP contribution in [0.15, 0.2) is 28.1 Å². The molecule has 0 radical (unpaired) electrons. The van der Waals surface area contributed by atoms with E-state index in [9.17, 15) is 0 Å². The van der Waals surface area contributed by atoms with Crippen LogP contribution in [0.3, 0.4) is 0 Å². The molecule has 0 saturated carbocycles. The molecule has 0 atom stereocenters. The van der Waals surface area contributed by atoms with Gasteiger partial charge in [0.1, 0.15) is 0 Å². The van der Waals surface area contributed by atoms with Crippen molar-refractivity contribution in [3.63, 3.8) is 0 Å². The van der Waals surface area contributed by atoms with E-state index in [2.05, 4.69) is 65.6 Å². The maximum absolute atomic E-state index is 3.64. The summed E-state index contributed by atoms with van der Waals surface area (Å²) in [7, 11) is 0. The quantitative estimate of drug-likeness (QED) is 0.759. The summed E-state index contributed by atoms with van der Waals surface area (Å²) in [4.78, 5) is 0. The lowest BCUT2D eigenvalue weighted by atomic mass is 9.86. The zero-order chi connectivity index (χ0) is 13.9. The number of hydrogen-bond donors (Lipinski definition) is 1. The molecular formula is C16H22BrNS. The van der Waals surface area contributed by atoms with E-state index in [4.69, 9.17) is 0 Å². The minimum absolute atomic E-state index is 0.357. The van der Waals surface area contributed by atoms with Crippen molar-refractivity contribution >= 4 is 37.4 Å². The normalized spacial score (nSPS) is 12.2. The van der Waals surface area contributed by atoms with Crippen LogP contribution in [0.2, 0.25) is 0 Å². The van der Waals surface area contributed by atoms with Gasteiger partial charge in [-0.05, 0) is 63.1 Å². The molecule has 1 aromatic heterocycles. The second kappa shape index (κ2) is 6.38. The second-order valence-corrected chi connectivity index (χ2v) is 7.56. The van der Waals surface area contributed by atoms with Crippen molar-refractivity contribution in [1.82, 2.24) is 5.32 Å². The van der Waals surface area contributed by atoms with Crippen LogP contribution in [-0.2, 0) is 6.42 Å². The number of benzene rings is 1. The topological polar surface area (TPSA) is 12.0 Å². The van der Waals surface area contributed by atoms with E-state index in [0.29, 0.717) is 5.41 Å². The fraction of sp³-hybridized carbons (Fsp3) is 0.500. The second-order valence-electron chi connectivity index (χ2n) is 5.82. The van der Waals surface area contributed by atoms with Gasteiger partial charge in [-0.3, -0.25) is 0 Å². The van der Waals surface area contributed by atoms with Crippen LogP contribution in [0, 0.1) is 5.41 Å². The Hall–Kier alpha value is -0.380. The predicted molar refractivity (Wildman–Crippen MR) is 90.2 cm³/mol. The third-order valence-corrected chi connectivity index (χ3v) is 5.56. The molecule has 0 aliphatic rings. The van der Waals surface area contributed by atoms with E-state index in [1.165, 1.54) is 26.5 Å². The first-order valence-corrected chi connectivity index (χ1v) is 8.56. The fourth-order valence-corrected chi connectivity index (χ4v) is 3.95. The maximum Gasteiger partial charge on any atom is 0.0487 e. The smallest absolute Gasteiger partial charge is 0.0487 e. The standard InChI is InChI=1S/C16H22BrNS/c1-4-18-11-16(2,3)9-8-12-10-19-15-13(12)6-5-7-14(15)17/h5-7,10,18H,4,8-9,11H2,1-3H3. The number of halogens is 1. The highest BCUT2D eigenvalue weighted by atomic mass is 79.9. The van der Waals surface area contributed by atoms with Gasteiger partial charge in [0.15, 0.2) is 0 Å². The molecular weight excluding hydrogens is 318 g/mol. The Bertz CT molecular complexity index is 545. The molecule has 104 valence electrons. The molecule has 2 aromatic rings. The van der Waals surface area contributed by atoms with E-state index in [1.807, 2.05) is 11.3 Å². The van der Waals surface area contributed by atoms with Gasteiger partial charge in [0.25, 0.3) is 0 Å². The number of hydrogen-bond acceptors (Lipinski definition) is 2. The van der Waals surface area contributed by atoms with Gasteiger partial charge in [-0.25, -0.2) is 0 Å². The molecule has 0 aliphatic heterocycles. The van der Waals surface area contributed by atoms with Crippen molar-refractivity contribution in [2.75, 3.05) is 13.1 Å². The molecule has 1 aromatic carbocycles. The fourth-order valence-electron chi connectivity index (χ4n) is 2.29. The van der Waals surface area contributed by atoms with Gasteiger partial charge in [0.05, 0.1) is 0 Å². The number of aryl methyl sites for hydroxylation is 1. The van der Waals surface area contributed by atoms with Crippen LogP contribution >= 0.6 is 27.3 Å². The van der Waals surface area contributed by atoms with Crippen molar-refractivity contribution in [3.8, 4) is 0 Å². The van der Waals surface area contributed by atoms with E-state index >= 15 is 0 Å². The average molecular weight is 340 g/mol. The van der Waals surface area contributed by atoms with Crippen LogP contribution in [0.4, 0.5) is 0 Å². The number of nitrogens with one attached hydrogen (secondary N) is 1. The Morgan fingerprint density at radius 1 is 1.32 bits per heavy atom. The van der Waals surface area contributed by atoms with Gasteiger partial charge in [0.2, 0.25) is 0 Å². The summed E-state index contributed by atoms with van der Waals surface area (Å²) < 4.78 is 2.59. The van der Waals surface area contributed by atoms with Gasteiger partial charge in [-0.1, -0.05) is 32.9 Å². The van der Waals surface area contributed by atoms with E-state index < -0.39 is 0 Å². The first-order valence-electron chi connectivity index (χ1n) is 6.89. The molecule has 1 heterocycles. The molecule has 0 aliphatic carbocycles. The Kier molecular flexibility index (Phi) is 5.04. The summed E-state index contributed by atoms with van der Waals surface area (Å²) in [6, 6.07) is 6.49. The molecule has 0 saturated heterocycles. The molecule has 1 N–H and O–H groups in total. The van der Waals surface area contributed by atoms with Gasteiger partial charge in [0, 0.05) is 15.7 Å². The number of fused-ring (bicyclic) bond motifs is 1. The highest BCUT2D eigenvalue weighted by molar-refractivity contribution is 9.10. The highest BCUT2D eigenvalue weighted by Gasteiger charge is 2.18. The minimum atomic E-state index is 0.357. The lowest BCUT2D eigenvalue weighted by Crippen LogP contribution is -2.29. The highest BCUT2D eigenvalue weighted by Crippen LogP contribution is 2.34. The third kappa shape index (κ3) is 3.80. The van der Waals surface area contributed by atoms with Crippen molar-refractivity contribution in [1.29, 1.82) is 0 Å². The van der Waals surface area contributed by atoms with Crippen LogP contribution in [-0.4, -0.2) is 13.1 Å². The molecule has 0 unspecified atom stereocenters. The summed E-state index contributed by atoms with van der Waals surface area (Å²) in [5.41, 5.74) is 1.85. The largest absolute Gasteiger partial charge is 0.316 e. The maximum atomic E-state index is 3.64. The van der Waals surface area contributed by atoms with Gasteiger partial charge in [-0.2, -0.15) is 0 Å². The molecule has 0 amide bonds. The van der Waals surface area contributed by atoms with Gasteiger partial charge in [-0.15, -0.1) is 11.3 Å². The van der Waals surface area contributed by atoms with E-state index in [1.54, 1.807) is 0 Å². The Morgan fingerprint density at radius 2 is 2.11 bits per heavy atom. The Morgan fingerprint density at radius 3 is 2.84 bits per heavy atom. The van der Waals surface area contributed by atoms with E-state index in [0.717, 1.165) is 19.5 Å². The SMILES string of the molecule is CCNCC(C)(C)CCc1csc2c(Br)cccc12. The molecule has 0 bridgehead atoms. The van der Waals surface area contributed by atoms with Crippen molar-refractivity contribution < 1.29 is 0 Å². The number of rotatable bonds is 6. The summed E-state index contributed by atoms with van der Waals surface area (Å²) in [6.07, 6.45) is 2.38. The summed E-state index contributed by atoms with van der Waals surface area (Å²) in [5.74, 6) is 0. The van der Waals surface area contributed by atoms with Crippen molar-refractivity contribution in [2.45, 2.75) is 33.6 Å². The predicted octanol–water partition coefficient (Wildman–Crippen LogP) is 5.23. The third-order valence-electron chi connectivity index (χ3n) is 3.56. The molecule has 1 nitrogen and oxygen atoms in total. The Labute approximate surface area is 128 Å². The molecule has 2 rings (SSSR count). The van der Waals surface area contributed by atoms with Crippen LogP contribution in [0.5, 0.6) is 0 Å². The lowest BCUT2D eigenvalue weighted by Gasteiger charge is -2.24. The number of thiophene rings is 1. The van der Waals surface area contributed by atoms with Crippen molar-refractivity contribution in [2.24, 2.45) is 5.41 Å². The molecule has 0 fully saturated rings. The minimum Gasteiger partial charge on any atom is -0.316 e. The van der Waals surface area contributed by atoms with Crippen LogP contribution in [0.1, 0.15) is 32.8 Å². The summed E-state index contributed by atoms with van der Waals surface area (Å²) >= 11 is 5.48. The molecule has 0 spiro atoms. The summed E-state index contributed by atoms with van der Waals surface area (Å²) in [5, 5.41) is 7.19. The zero-order valence-corrected chi connectivity index (χ0v) is 14.3. The van der Waals surface area contributed by atoms with E-state index in [-0.39, 0.29) is 0 Å². The van der Waals surface area contributed by atoms with Crippen molar-refractivity contribution in [3.05, 3.63) is 33.6 Å². The zero-order valence-electron chi connectivity index (χ0n) is 11.9. The van der Waals surface area contributed by atoms with Gasteiger partial charge < -0.3 is 5.32 Å². The monoisotopic (exact) mass is 339 g/mol. The van der Waals surface area contributed by atoms with Gasteiger partial charge >= 0.3 is 0 Å². The molecule has 19 heavy (non-hydrogen) atoms.